The summed E-state index contributed by atoms with van der Waals surface area (Å²) < 4.78 is 0. The predicted molar refractivity (Wildman–Crippen MR) is 107 cm³/mol. The zero-order valence-electron chi connectivity index (χ0n) is 15.8. The summed E-state index contributed by atoms with van der Waals surface area (Å²) in [5.74, 6) is 0.0801. The minimum atomic E-state index is -0.0140. The molecule has 2 N–H and O–H groups in total. The quantitative estimate of drug-likeness (QED) is 0.706. The van der Waals surface area contributed by atoms with E-state index in [2.05, 4.69) is 74.7 Å². The summed E-state index contributed by atoms with van der Waals surface area (Å²) in [5, 5.41) is 5.56. The van der Waals surface area contributed by atoms with Crippen LogP contribution >= 0.6 is 0 Å². The molecule has 1 amide bonds. The summed E-state index contributed by atoms with van der Waals surface area (Å²) in [7, 11) is 2.06. The van der Waals surface area contributed by atoms with Crippen molar-refractivity contribution in [1.29, 1.82) is 0 Å². The van der Waals surface area contributed by atoms with E-state index in [-0.39, 0.29) is 11.9 Å². The SMILES string of the molecule is Cc1ccccc1C[NH+](C)CC(=O)N[C@@H](C)c1cccc2ccccc12. The maximum Gasteiger partial charge on any atom is 0.275 e. The normalized spacial score (nSPS) is 13.3. The molecule has 3 nitrogen and oxygen atoms in total. The van der Waals surface area contributed by atoms with E-state index in [1.165, 1.54) is 26.8 Å². The van der Waals surface area contributed by atoms with Gasteiger partial charge in [0.15, 0.2) is 6.54 Å². The lowest BCUT2D eigenvalue weighted by Gasteiger charge is -2.19. The Balaban J connectivity index is 1.63. The highest BCUT2D eigenvalue weighted by Gasteiger charge is 2.16. The van der Waals surface area contributed by atoms with Crippen LogP contribution in [0.1, 0.15) is 29.7 Å². The van der Waals surface area contributed by atoms with Gasteiger partial charge in [0.05, 0.1) is 13.1 Å². The average molecular weight is 347 g/mol. The molecule has 26 heavy (non-hydrogen) atoms. The third-order valence-corrected chi connectivity index (χ3v) is 4.88. The van der Waals surface area contributed by atoms with E-state index in [4.69, 9.17) is 0 Å². The number of carbonyl (C=O) groups is 1. The number of nitrogens with one attached hydrogen (secondary N) is 2. The van der Waals surface area contributed by atoms with Crippen molar-refractivity contribution in [3.8, 4) is 0 Å². The van der Waals surface area contributed by atoms with Crippen LogP contribution in [0.15, 0.2) is 66.7 Å². The number of amides is 1. The molecule has 134 valence electrons. The van der Waals surface area contributed by atoms with E-state index >= 15 is 0 Å². The first-order valence-electron chi connectivity index (χ1n) is 9.17. The first kappa shape index (κ1) is 18.2. The lowest BCUT2D eigenvalue weighted by molar-refractivity contribution is -0.885. The average Bonchev–Trinajstić information content (AvgIpc) is 2.63. The Labute approximate surface area is 155 Å². The highest BCUT2D eigenvalue weighted by Crippen LogP contribution is 2.23. The minimum absolute atomic E-state index is 0.0140. The summed E-state index contributed by atoms with van der Waals surface area (Å²) in [6.45, 7) is 5.48. The van der Waals surface area contributed by atoms with Gasteiger partial charge < -0.3 is 10.2 Å². The molecule has 0 aromatic heterocycles. The second kappa shape index (κ2) is 8.15. The Morgan fingerprint density at radius 2 is 1.69 bits per heavy atom. The summed E-state index contributed by atoms with van der Waals surface area (Å²) in [5.41, 5.74) is 3.73. The van der Waals surface area contributed by atoms with Crippen LogP contribution in [-0.2, 0) is 11.3 Å². The number of likely N-dealkylation sites (N-methyl/N-ethyl adjacent to an activating group) is 1. The standard InChI is InChI=1S/C23H26N2O/c1-17-9-4-5-11-20(17)15-25(3)16-23(26)24-18(2)21-14-8-12-19-10-6-7-13-22(19)21/h4-14,18H,15-16H2,1-3H3,(H,24,26)/p+1/t18-/m0/s1. The van der Waals surface area contributed by atoms with E-state index < -0.39 is 0 Å². The lowest BCUT2D eigenvalue weighted by Crippen LogP contribution is -3.09. The van der Waals surface area contributed by atoms with Crippen molar-refractivity contribution in [3.05, 3.63) is 83.4 Å². The van der Waals surface area contributed by atoms with Crippen LogP contribution in [0.3, 0.4) is 0 Å². The van der Waals surface area contributed by atoms with Gasteiger partial charge in [-0.1, -0.05) is 66.7 Å². The first-order valence-corrected chi connectivity index (χ1v) is 9.17. The molecule has 0 spiro atoms. The maximum absolute atomic E-state index is 12.5. The van der Waals surface area contributed by atoms with Gasteiger partial charge in [-0.25, -0.2) is 0 Å². The fraction of sp³-hybridized carbons (Fsp3) is 0.261. The molecule has 1 unspecified atom stereocenters. The molecular formula is C23H27N2O+. The fourth-order valence-corrected chi connectivity index (χ4v) is 3.47. The molecule has 0 bridgehead atoms. The van der Waals surface area contributed by atoms with Gasteiger partial charge in [-0.15, -0.1) is 0 Å². The van der Waals surface area contributed by atoms with Crippen molar-refractivity contribution in [2.45, 2.75) is 26.4 Å². The van der Waals surface area contributed by atoms with Crippen LogP contribution < -0.4 is 10.2 Å². The predicted octanol–water partition coefficient (Wildman–Crippen LogP) is 3.04. The first-order chi connectivity index (χ1) is 12.5. The molecular weight excluding hydrogens is 320 g/mol. The Morgan fingerprint density at radius 1 is 1.00 bits per heavy atom. The molecule has 2 atom stereocenters. The largest absolute Gasteiger partial charge is 0.345 e. The number of aryl methyl sites for hydroxylation is 1. The summed E-state index contributed by atoms with van der Waals surface area (Å²) in [6.07, 6.45) is 0. The molecule has 3 rings (SSSR count). The van der Waals surface area contributed by atoms with Crippen LogP contribution in [0.5, 0.6) is 0 Å². The van der Waals surface area contributed by atoms with Gasteiger partial charge >= 0.3 is 0 Å². The molecule has 0 aliphatic rings. The van der Waals surface area contributed by atoms with Gasteiger partial charge in [0.2, 0.25) is 0 Å². The number of hydrogen-bond acceptors (Lipinski definition) is 1. The van der Waals surface area contributed by atoms with Crippen molar-refractivity contribution >= 4 is 16.7 Å². The zero-order valence-corrected chi connectivity index (χ0v) is 15.8. The van der Waals surface area contributed by atoms with Crippen molar-refractivity contribution in [1.82, 2.24) is 5.32 Å². The smallest absolute Gasteiger partial charge is 0.275 e. The van der Waals surface area contributed by atoms with Gasteiger partial charge in [0.25, 0.3) is 5.91 Å². The zero-order chi connectivity index (χ0) is 18.5. The highest BCUT2D eigenvalue weighted by atomic mass is 16.2. The number of benzene rings is 3. The van der Waals surface area contributed by atoms with E-state index in [9.17, 15) is 4.79 Å². The van der Waals surface area contributed by atoms with E-state index in [1.54, 1.807) is 0 Å². The number of rotatable bonds is 6. The minimum Gasteiger partial charge on any atom is -0.345 e. The van der Waals surface area contributed by atoms with Crippen LogP contribution in [-0.4, -0.2) is 19.5 Å². The van der Waals surface area contributed by atoms with E-state index in [0.29, 0.717) is 6.54 Å². The topological polar surface area (TPSA) is 33.5 Å². The summed E-state index contributed by atoms with van der Waals surface area (Å²) >= 11 is 0. The molecule has 0 aliphatic carbocycles. The lowest BCUT2D eigenvalue weighted by atomic mass is 10.00. The van der Waals surface area contributed by atoms with E-state index in [0.717, 1.165) is 12.1 Å². The van der Waals surface area contributed by atoms with Crippen molar-refractivity contribution < 1.29 is 9.69 Å². The second-order valence-corrected chi connectivity index (χ2v) is 7.09. The monoisotopic (exact) mass is 347 g/mol. The third kappa shape index (κ3) is 4.30. The molecule has 0 saturated heterocycles. The number of fused-ring (bicyclic) bond motifs is 1. The Hall–Kier alpha value is -2.65. The number of carbonyl (C=O) groups excluding carboxylic acids is 1. The van der Waals surface area contributed by atoms with Crippen LogP contribution in [0.2, 0.25) is 0 Å². The number of quaternary nitrogens is 1. The van der Waals surface area contributed by atoms with E-state index in [1.807, 2.05) is 18.2 Å². The summed E-state index contributed by atoms with van der Waals surface area (Å²) in [4.78, 5) is 13.7. The van der Waals surface area contributed by atoms with Crippen LogP contribution in [0.4, 0.5) is 0 Å². The van der Waals surface area contributed by atoms with Crippen molar-refractivity contribution in [2.75, 3.05) is 13.6 Å². The van der Waals surface area contributed by atoms with Crippen LogP contribution in [0.25, 0.3) is 10.8 Å². The van der Waals surface area contributed by atoms with Gasteiger partial charge in [0.1, 0.15) is 6.54 Å². The Bertz CT molecular complexity index is 898. The molecule has 3 aromatic rings. The molecule has 0 radical (unpaired) electrons. The molecule has 0 fully saturated rings. The molecule has 0 heterocycles. The molecule has 0 saturated carbocycles. The number of hydrogen-bond donors (Lipinski definition) is 2. The van der Waals surface area contributed by atoms with Crippen molar-refractivity contribution in [2.24, 2.45) is 0 Å². The van der Waals surface area contributed by atoms with Gasteiger partial charge in [-0.2, -0.15) is 0 Å². The van der Waals surface area contributed by atoms with Crippen molar-refractivity contribution in [3.63, 3.8) is 0 Å². The van der Waals surface area contributed by atoms with Crippen LogP contribution in [0, 0.1) is 6.92 Å². The molecule has 3 heteroatoms. The summed E-state index contributed by atoms with van der Waals surface area (Å²) in [6, 6.07) is 22.9. The fourth-order valence-electron chi connectivity index (χ4n) is 3.47. The van der Waals surface area contributed by atoms with Gasteiger partial charge in [0, 0.05) is 5.56 Å². The molecule has 3 aromatic carbocycles. The molecule has 0 aliphatic heterocycles. The highest BCUT2D eigenvalue weighted by molar-refractivity contribution is 5.87. The second-order valence-electron chi connectivity index (χ2n) is 7.09. The Kier molecular flexibility index (Phi) is 5.69. The third-order valence-electron chi connectivity index (χ3n) is 4.88. The maximum atomic E-state index is 12.5. The van der Waals surface area contributed by atoms with Gasteiger partial charge in [-0.3, -0.25) is 4.79 Å². The Morgan fingerprint density at radius 3 is 2.50 bits per heavy atom. The van der Waals surface area contributed by atoms with Gasteiger partial charge in [-0.05, 0) is 35.7 Å².